The van der Waals surface area contributed by atoms with Crippen LogP contribution in [0.4, 0.5) is 16.4 Å². The van der Waals surface area contributed by atoms with Crippen LogP contribution in [0.15, 0.2) is 40.9 Å². The van der Waals surface area contributed by atoms with Crippen molar-refractivity contribution < 1.29 is 23.3 Å². The van der Waals surface area contributed by atoms with Crippen molar-refractivity contribution in [2.24, 2.45) is 29.2 Å². The van der Waals surface area contributed by atoms with Gasteiger partial charge in [-0.2, -0.15) is 9.46 Å². The second kappa shape index (κ2) is 12.5. The molecule has 0 saturated carbocycles. The smallest absolute Gasteiger partial charge is 0.410 e. The molecular formula is C35H44N8O5S. The molecule has 4 aromatic rings. The van der Waals surface area contributed by atoms with E-state index in [0.717, 1.165) is 23.9 Å². The number of carbonyl (C=O) groups is 2. The maximum atomic E-state index is 14.1. The molecule has 2 fully saturated rings. The first kappa shape index (κ1) is 33.1. The molecule has 0 radical (unpaired) electrons. The standard InChI is InChI=1S/C35H44N8O5S/c1-21-8-7-11-47-32-27(15-36-41(32)6)29-13-23(12-22(2)37-29)31(44)39-33-38-28-10-9-26(14-30(28)43(33)16-21)40-49(46)19-24-17-42(18-25(24)20-49)34(45)48-35(3,4)5/h9-10,12-15,21,24-25H,7-8,11,16-20H2,1-6H3,(H,38,39,44)/t21-,24?,25?,49?/m1/s1. The summed E-state index contributed by atoms with van der Waals surface area (Å²) in [4.78, 5) is 37.6. The Kier molecular flexibility index (Phi) is 8.40. The van der Waals surface area contributed by atoms with E-state index in [4.69, 9.17) is 18.8 Å². The SMILES string of the molecule is Cc1cc2cc(n1)-c1cnn(C)c1OCCC[C@@H](C)Cn1c(nc3ccc(N=S4(=O)CC5CN(C(=O)OC(C)(C)C)CC5C4)cc31)NC2=O. The summed E-state index contributed by atoms with van der Waals surface area (Å²) in [5.74, 6) is 2.13. The number of nitrogens with zero attached hydrogens (tertiary/aromatic N) is 7. The summed E-state index contributed by atoms with van der Waals surface area (Å²) in [6, 6.07) is 9.14. The Morgan fingerprint density at radius 2 is 1.86 bits per heavy atom. The second-order valence-electron chi connectivity index (χ2n) is 14.7. The lowest BCUT2D eigenvalue weighted by Gasteiger charge is -2.25. The number of hydrogen-bond acceptors (Lipinski definition) is 9. The Morgan fingerprint density at radius 3 is 2.59 bits per heavy atom. The van der Waals surface area contributed by atoms with E-state index in [1.807, 2.05) is 57.5 Å². The minimum Gasteiger partial charge on any atom is -0.477 e. The maximum absolute atomic E-state index is 14.1. The molecule has 2 saturated heterocycles. The van der Waals surface area contributed by atoms with Crippen molar-refractivity contribution in [3.63, 3.8) is 0 Å². The monoisotopic (exact) mass is 688 g/mol. The van der Waals surface area contributed by atoms with Crippen LogP contribution in [0.3, 0.4) is 0 Å². The first-order chi connectivity index (χ1) is 23.2. The van der Waals surface area contributed by atoms with E-state index < -0.39 is 15.3 Å². The van der Waals surface area contributed by atoms with Crippen LogP contribution in [0.5, 0.6) is 5.88 Å². The third-order valence-electron chi connectivity index (χ3n) is 9.36. The number of benzene rings is 1. The van der Waals surface area contributed by atoms with E-state index in [1.54, 1.807) is 27.9 Å². The molecule has 260 valence electrons. The summed E-state index contributed by atoms with van der Waals surface area (Å²) < 4.78 is 34.4. The van der Waals surface area contributed by atoms with E-state index >= 15 is 0 Å². The Bertz CT molecular complexity index is 2050. The van der Waals surface area contributed by atoms with Gasteiger partial charge >= 0.3 is 6.09 Å². The Balaban J connectivity index is 1.18. The average Bonchev–Trinajstić information content (AvgIpc) is 3.75. The summed E-state index contributed by atoms with van der Waals surface area (Å²) in [7, 11) is -0.689. The van der Waals surface area contributed by atoms with Gasteiger partial charge in [-0.3, -0.25) is 15.1 Å². The third-order valence-corrected chi connectivity index (χ3v) is 11.8. The number of aryl methyl sites for hydroxylation is 2. The van der Waals surface area contributed by atoms with Gasteiger partial charge in [0.1, 0.15) is 5.60 Å². The summed E-state index contributed by atoms with van der Waals surface area (Å²) in [5.41, 5.74) is 4.07. The number of carbonyl (C=O) groups excluding carboxylic acids is 2. The Morgan fingerprint density at radius 1 is 1.10 bits per heavy atom. The highest BCUT2D eigenvalue weighted by Crippen LogP contribution is 2.37. The molecule has 6 heterocycles. The number of nitrogens with one attached hydrogen (secondary N) is 1. The van der Waals surface area contributed by atoms with Crippen molar-refractivity contribution in [2.45, 2.75) is 59.6 Å². The zero-order valence-corrected chi connectivity index (χ0v) is 29.7. The van der Waals surface area contributed by atoms with E-state index in [9.17, 15) is 13.8 Å². The number of likely N-dealkylation sites (tertiary alicyclic amines) is 1. The predicted octanol–water partition coefficient (Wildman–Crippen LogP) is 5.80. The van der Waals surface area contributed by atoms with E-state index in [0.29, 0.717) is 77.7 Å². The normalized spacial score (nSPS) is 24.2. The van der Waals surface area contributed by atoms with Crippen LogP contribution in [0.2, 0.25) is 0 Å². The molecule has 3 aliphatic heterocycles. The highest BCUT2D eigenvalue weighted by molar-refractivity contribution is 7.94. The molecule has 2 amide bonds. The lowest BCUT2D eigenvalue weighted by atomic mass is 10.0. The van der Waals surface area contributed by atoms with Crippen LogP contribution < -0.4 is 10.1 Å². The van der Waals surface area contributed by atoms with Crippen molar-refractivity contribution in [3.05, 3.63) is 47.8 Å². The maximum Gasteiger partial charge on any atom is 0.410 e. The molecule has 1 N–H and O–H groups in total. The van der Waals surface area contributed by atoms with Gasteiger partial charge in [0.25, 0.3) is 5.91 Å². The molecule has 1 aromatic carbocycles. The lowest BCUT2D eigenvalue weighted by Crippen LogP contribution is -2.36. The fourth-order valence-corrected chi connectivity index (χ4v) is 10.0. The van der Waals surface area contributed by atoms with Gasteiger partial charge in [0.05, 0.1) is 50.5 Å². The topological polar surface area (TPSA) is 146 Å². The highest BCUT2D eigenvalue weighted by atomic mass is 32.2. The first-order valence-electron chi connectivity index (χ1n) is 16.9. The van der Waals surface area contributed by atoms with Gasteiger partial charge in [0.15, 0.2) is 0 Å². The molecule has 0 spiro atoms. The van der Waals surface area contributed by atoms with Gasteiger partial charge in [-0.25, -0.2) is 18.7 Å². The van der Waals surface area contributed by atoms with E-state index in [1.165, 1.54) is 0 Å². The fourth-order valence-electron chi connectivity index (χ4n) is 7.13. The fraction of sp³-hybridized carbons (Fsp3) is 0.514. The molecule has 2 unspecified atom stereocenters. The molecule has 3 aromatic heterocycles. The van der Waals surface area contributed by atoms with Crippen molar-refractivity contribution >= 4 is 44.4 Å². The van der Waals surface area contributed by atoms with Crippen molar-refractivity contribution in [3.8, 4) is 17.1 Å². The summed E-state index contributed by atoms with van der Waals surface area (Å²) in [6.07, 6.45) is 3.10. The number of pyridine rings is 1. The molecule has 7 rings (SSSR count). The quantitative estimate of drug-likeness (QED) is 0.264. The lowest BCUT2D eigenvalue weighted by molar-refractivity contribution is 0.0285. The van der Waals surface area contributed by atoms with Crippen molar-refractivity contribution in [1.29, 1.82) is 0 Å². The number of ether oxygens (including phenoxy) is 2. The molecule has 3 atom stereocenters. The number of imidazole rings is 1. The zero-order valence-electron chi connectivity index (χ0n) is 28.9. The van der Waals surface area contributed by atoms with Crippen LogP contribution in [0, 0.1) is 24.7 Å². The zero-order chi connectivity index (χ0) is 34.7. The van der Waals surface area contributed by atoms with Crippen molar-refractivity contribution in [1.82, 2.24) is 29.2 Å². The van der Waals surface area contributed by atoms with Crippen LogP contribution in [0.1, 0.15) is 56.6 Å². The minimum atomic E-state index is -2.52. The molecule has 49 heavy (non-hydrogen) atoms. The van der Waals surface area contributed by atoms with Gasteiger partial charge < -0.3 is 18.9 Å². The van der Waals surface area contributed by atoms with Gasteiger partial charge in [-0.05, 0) is 88.6 Å². The number of amides is 2. The Labute approximate surface area is 286 Å². The van der Waals surface area contributed by atoms with Crippen molar-refractivity contribution in [2.75, 3.05) is 36.5 Å². The number of rotatable bonds is 1. The molecule has 2 bridgehead atoms. The van der Waals surface area contributed by atoms with Gasteiger partial charge in [0.2, 0.25) is 11.8 Å². The number of anilines is 1. The molecule has 0 aliphatic carbocycles. The minimum absolute atomic E-state index is 0.127. The molecule has 3 aliphatic rings. The summed E-state index contributed by atoms with van der Waals surface area (Å²) >= 11 is 0. The summed E-state index contributed by atoms with van der Waals surface area (Å²) in [6.45, 7) is 11.8. The molecule has 13 nitrogen and oxygen atoms in total. The second-order valence-corrected chi connectivity index (χ2v) is 17.1. The van der Waals surface area contributed by atoms with Gasteiger partial charge in [0, 0.05) is 49.4 Å². The number of aromatic nitrogens is 5. The van der Waals surface area contributed by atoms with E-state index in [2.05, 4.69) is 22.3 Å². The average molecular weight is 689 g/mol. The van der Waals surface area contributed by atoms with Crippen LogP contribution in [0.25, 0.3) is 22.3 Å². The molecule has 14 heteroatoms. The van der Waals surface area contributed by atoms with E-state index in [-0.39, 0.29) is 29.8 Å². The largest absolute Gasteiger partial charge is 0.477 e. The third kappa shape index (κ3) is 6.87. The summed E-state index contributed by atoms with van der Waals surface area (Å²) in [5, 5.41) is 7.45. The first-order valence-corrected chi connectivity index (χ1v) is 18.7. The van der Waals surface area contributed by atoms with Crippen LogP contribution >= 0.6 is 0 Å². The van der Waals surface area contributed by atoms with Gasteiger partial charge in [-0.1, -0.05) is 6.92 Å². The number of hydrogen-bond donors (Lipinski definition) is 1. The van der Waals surface area contributed by atoms with Crippen LogP contribution in [-0.4, -0.2) is 82.2 Å². The van der Waals surface area contributed by atoms with Gasteiger partial charge in [-0.15, -0.1) is 0 Å². The molecular weight excluding hydrogens is 645 g/mol. The number of fused-ring (bicyclic) bond motifs is 8. The predicted molar refractivity (Wildman–Crippen MR) is 188 cm³/mol. The Hall–Kier alpha value is -4.46. The highest BCUT2D eigenvalue weighted by Gasteiger charge is 2.45. The van der Waals surface area contributed by atoms with Crippen LogP contribution in [-0.2, 0) is 28.1 Å².